The highest BCUT2D eigenvalue weighted by atomic mass is 19.1. The van der Waals surface area contributed by atoms with Crippen LogP contribution in [-0.4, -0.2) is 74.7 Å². The summed E-state index contributed by atoms with van der Waals surface area (Å²) in [5.74, 6) is 0.649. The summed E-state index contributed by atoms with van der Waals surface area (Å²) in [6, 6.07) is 7.48. The Morgan fingerprint density at radius 2 is 2.00 bits per heavy atom. The third kappa shape index (κ3) is 4.20. The van der Waals surface area contributed by atoms with Gasteiger partial charge in [0.2, 0.25) is 0 Å². The van der Waals surface area contributed by atoms with E-state index in [0.29, 0.717) is 19.0 Å². The van der Waals surface area contributed by atoms with Crippen molar-refractivity contribution in [1.29, 1.82) is 0 Å². The summed E-state index contributed by atoms with van der Waals surface area (Å²) in [6.45, 7) is 7.45. The second-order valence-corrected chi connectivity index (χ2v) is 6.21. The molecule has 2 bridgehead atoms. The first-order chi connectivity index (χ1) is 11.3. The fourth-order valence-electron chi connectivity index (χ4n) is 3.37. The van der Waals surface area contributed by atoms with Crippen LogP contribution in [0.4, 0.5) is 4.39 Å². The summed E-state index contributed by atoms with van der Waals surface area (Å²) in [7, 11) is 1.77. The van der Waals surface area contributed by atoms with E-state index in [1.165, 1.54) is 32.2 Å². The molecule has 3 aliphatic rings. The zero-order valence-corrected chi connectivity index (χ0v) is 13.8. The zero-order chi connectivity index (χ0) is 16.1. The zero-order valence-electron chi connectivity index (χ0n) is 13.8. The number of rotatable bonds is 5. The lowest BCUT2D eigenvalue weighted by molar-refractivity contribution is 0.0154. The highest BCUT2D eigenvalue weighted by Crippen LogP contribution is 2.14. The fourth-order valence-corrected chi connectivity index (χ4v) is 3.37. The summed E-state index contributed by atoms with van der Waals surface area (Å²) in [4.78, 5) is 9.34. The second-order valence-electron chi connectivity index (χ2n) is 6.21. The van der Waals surface area contributed by atoms with E-state index in [1.807, 2.05) is 12.1 Å². The van der Waals surface area contributed by atoms with Crippen LogP contribution >= 0.6 is 0 Å². The van der Waals surface area contributed by atoms with Gasteiger partial charge in [0.25, 0.3) is 0 Å². The molecule has 3 heterocycles. The van der Waals surface area contributed by atoms with Crippen LogP contribution in [0.15, 0.2) is 29.3 Å². The number of guanidine groups is 1. The Morgan fingerprint density at radius 1 is 1.22 bits per heavy atom. The van der Waals surface area contributed by atoms with E-state index in [-0.39, 0.29) is 5.82 Å². The molecule has 3 saturated heterocycles. The Labute approximate surface area is 137 Å². The molecular weight excluding hydrogens is 293 g/mol. The first-order valence-electron chi connectivity index (χ1n) is 8.40. The number of hydrogen-bond donors (Lipinski definition) is 2. The predicted octanol–water partition coefficient (Wildman–Crippen LogP) is 0.533. The molecule has 6 heteroatoms. The Kier molecular flexibility index (Phi) is 5.46. The first kappa shape index (κ1) is 16.2. The van der Waals surface area contributed by atoms with Crippen LogP contribution in [0.25, 0.3) is 0 Å². The Hall–Kier alpha value is -1.66. The van der Waals surface area contributed by atoms with Gasteiger partial charge in [0.1, 0.15) is 5.82 Å². The van der Waals surface area contributed by atoms with Crippen LogP contribution in [0.2, 0.25) is 0 Å². The SMILES string of the molecule is CN=C(NCCc1ccccc1F)NCC1CN2CCN1CC2. The minimum Gasteiger partial charge on any atom is -0.356 e. The molecule has 126 valence electrons. The van der Waals surface area contributed by atoms with Gasteiger partial charge in [-0.2, -0.15) is 0 Å². The number of hydrogen-bond acceptors (Lipinski definition) is 3. The van der Waals surface area contributed by atoms with Gasteiger partial charge in [-0.3, -0.25) is 14.8 Å². The number of aliphatic imine (C=N–C) groups is 1. The van der Waals surface area contributed by atoms with Gasteiger partial charge in [0.05, 0.1) is 0 Å². The van der Waals surface area contributed by atoms with E-state index in [9.17, 15) is 4.39 Å². The van der Waals surface area contributed by atoms with Crippen molar-refractivity contribution in [3.05, 3.63) is 35.6 Å². The number of nitrogens with zero attached hydrogens (tertiary/aromatic N) is 3. The van der Waals surface area contributed by atoms with Crippen molar-refractivity contribution >= 4 is 5.96 Å². The maximum atomic E-state index is 13.6. The number of benzene rings is 1. The summed E-state index contributed by atoms with van der Waals surface area (Å²) < 4.78 is 13.6. The second kappa shape index (κ2) is 7.75. The Balaban J connectivity index is 1.41. The molecule has 0 aliphatic carbocycles. The monoisotopic (exact) mass is 319 g/mol. The number of nitrogens with one attached hydrogen (secondary N) is 2. The topological polar surface area (TPSA) is 42.9 Å². The molecule has 1 aromatic rings. The molecule has 0 aromatic heterocycles. The van der Waals surface area contributed by atoms with E-state index in [0.717, 1.165) is 24.6 Å². The molecule has 0 radical (unpaired) electrons. The van der Waals surface area contributed by atoms with Crippen molar-refractivity contribution in [2.75, 3.05) is 52.9 Å². The average molecular weight is 319 g/mol. The van der Waals surface area contributed by atoms with Gasteiger partial charge >= 0.3 is 0 Å². The smallest absolute Gasteiger partial charge is 0.191 e. The standard InChI is InChI=1S/C17H26FN5/c1-19-17(20-7-6-14-4-2-3-5-16(14)18)21-12-15-13-22-8-10-23(15)11-9-22/h2-5,15H,6-13H2,1H3,(H2,19,20,21). The minimum absolute atomic E-state index is 0.141. The molecule has 1 unspecified atom stereocenters. The number of piperazine rings is 3. The van der Waals surface area contributed by atoms with Gasteiger partial charge in [-0.05, 0) is 18.1 Å². The molecule has 1 atom stereocenters. The summed E-state index contributed by atoms with van der Waals surface area (Å²) in [6.07, 6.45) is 0.650. The van der Waals surface area contributed by atoms with E-state index < -0.39 is 0 Å². The highest BCUT2D eigenvalue weighted by Gasteiger charge is 2.31. The molecule has 0 saturated carbocycles. The highest BCUT2D eigenvalue weighted by molar-refractivity contribution is 5.79. The maximum Gasteiger partial charge on any atom is 0.191 e. The van der Waals surface area contributed by atoms with Gasteiger partial charge in [0, 0.05) is 58.9 Å². The predicted molar refractivity (Wildman–Crippen MR) is 91.3 cm³/mol. The van der Waals surface area contributed by atoms with Crippen LogP contribution in [0.5, 0.6) is 0 Å². The average Bonchev–Trinajstić information content (AvgIpc) is 2.60. The Bertz CT molecular complexity index is 540. The van der Waals surface area contributed by atoms with Crippen LogP contribution in [-0.2, 0) is 6.42 Å². The van der Waals surface area contributed by atoms with E-state index >= 15 is 0 Å². The van der Waals surface area contributed by atoms with Gasteiger partial charge in [-0.1, -0.05) is 18.2 Å². The molecule has 3 fully saturated rings. The molecule has 0 spiro atoms. The normalized spacial score (nSPS) is 27.0. The van der Waals surface area contributed by atoms with Gasteiger partial charge in [-0.15, -0.1) is 0 Å². The largest absolute Gasteiger partial charge is 0.356 e. The third-order valence-electron chi connectivity index (χ3n) is 4.77. The van der Waals surface area contributed by atoms with Crippen molar-refractivity contribution in [1.82, 2.24) is 20.4 Å². The molecule has 5 nitrogen and oxygen atoms in total. The summed E-state index contributed by atoms with van der Waals surface area (Å²) >= 11 is 0. The molecule has 4 rings (SSSR count). The molecular formula is C17H26FN5. The Morgan fingerprint density at radius 3 is 2.65 bits per heavy atom. The van der Waals surface area contributed by atoms with Crippen LogP contribution in [0.1, 0.15) is 5.56 Å². The van der Waals surface area contributed by atoms with Crippen LogP contribution < -0.4 is 10.6 Å². The molecule has 3 aliphatic heterocycles. The van der Waals surface area contributed by atoms with Crippen molar-refractivity contribution in [2.24, 2.45) is 4.99 Å². The first-order valence-corrected chi connectivity index (χ1v) is 8.40. The van der Waals surface area contributed by atoms with Crippen LogP contribution in [0.3, 0.4) is 0 Å². The van der Waals surface area contributed by atoms with Crippen molar-refractivity contribution in [3.8, 4) is 0 Å². The fraction of sp³-hybridized carbons (Fsp3) is 0.588. The molecule has 2 N–H and O–H groups in total. The third-order valence-corrected chi connectivity index (χ3v) is 4.77. The molecule has 23 heavy (non-hydrogen) atoms. The summed E-state index contributed by atoms with van der Waals surface area (Å²) in [5, 5.41) is 6.67. The number of halogens is 1. The summed E-state index contributed by atoms with van der Waals surface area (Å²) in [5.41, 5.74) is 0.735. The van der Waals surface area contributed by atoms with Gasteiger partial charge in [0.15, 0.2) is 5.96 Å². The quantitative estimate of drug-likeness (QED) is 0.614. The maximum absolute atomic E-state index is 13.6. The van der Waals surface area contributed by atoms with Crippen molar-refractivity contribution in [3.63, 3.8) is 0 Å². The van der Waals surface area contributed by atoms with E-state index in [1.54, 1.807) is 13.1 Å². The number of fused-ring (bicyclic) bond motifs is 3. The van der Waals surface area contributed by atoms with E-state index in [2.05, 4.69) is 25.4 Å². The molecule has 0 amide bonds. The van der Waals surface area contributed by atoms with Gasteiger partial charge < -0.3 is 10.6 Å². The molecule has 1 aromatic carbocycles. The van der Waals surface area contributed by atoms with Crippen molar-refractivity contribution < 1.29 is 4.39 Å². The minimum atomic E-state index is -0.141. The van der Waals surface area contributed by atoms with Crippen LogP contribution in [0, 0.1) is 5.82 Å². The van der Waals surface area contributed by atoms with E-state index in [4.69, 9.17) is 0 Å². The van der Waals surface area contributed by atoms with Gasteiger partial charge in [-0.25, -0.2) is 4.39 Å². The lowest BCUT2D eigenvalue weighted by atomic mass is 10.1. The lowest BCUT2D eigenvalue weighted by Crippen LogP contribution is -2.63. The van der Waals surface area contributed by atoms with Crippen molar-refractivity contribution in [2.45, 2.75) is 12.5 Å². The lowest BCUT2D eigenvalue weighted by Gasteiger charge is -2.47.